The van der Waals surface area contributed by atoms with Crippen molar-refractivity contribution in [1.82, 2.24) is 9.38 Å². The number of fused-ring (bicyclic) bond motifs is 1. The van der Waals surface area contributed by atoms with Crippen molar-refractivity contribution in [2.75, 3.05) is 36.0 Å². The van der Waals surface area contributed by atoms with Gasteiger partial charge >= 0.3 is 0 Å². The normalized spacial score (nSPS) is 15.3. The van der Waals surface area contributed by atoms with Crippen LogP contribution in [-0.2, 0) is 0 Å². The standard InChI is InChI=1S/C19H21ClN4/c1-14-15(2)19-21-7-8-24(19)13-18(14)23-11-9-22(10-12-23)17-5-3-16(20)4-6-17/h3-8,13H,9-12H2,1-2H3. The largest absolute Gasteiger partial charge is 0.368 e. The van der Waals surface area contributed by atoms with Crippen molar-refractivity contribution in [3.8, 4) is 0 Å². The molecule has 0 unspecified atom stereocenters. The molecule has 24 heavy (non-hydrogen) atoms. The van der Waals surface area contributed by atoms with Crippen molar-refractivity contribution < 1.29 is 0 Å². The molecular weight excluding hydrogens is 320 g/mol. The molecule has 0 bridgehead atoms. The summed E-state index contributed by atoms with van der Waals surface area (Å²) in [6, 6.07) is 8.13. The molecule has 0 atom stereocenters. The van der Waals surface area contributed by atoms with Crippen molar-refractivity contribution in [2.45, 2.75) is 13.8 Å². The van der Waals surface area contributed by atoms with Gasteiger partial charge in [0.1, 0.15) is 5.65 Å². The van der Waals surface area contributed by atoms with Gasteiger partial charge in [0, 0.05) is 55.5 Å². The van der Waals surface area contributed by atoms with Crippen LogP contribution in [0.3, 0.4) is 0 Å². The van der Waals surface area contributed by atoms with Gasteiger partial charge in [-0.2, -0.15) is 0 Å². The molecule has 1 aliphatic rings. The number of piperazine rings is 1. The van der Waals surface area contributed by atoms with E-state index in [2.05, 4.69) is 51.4 Å². The van der Waals surface area contributed by atoms with Crippen LogP contribution in [0.5, 0.6) is 0 Å². The van der Waals surface area contributed by atoms with Gasteiger partial charge in [0.2, 0.25) is 0 Å². The fourth-order valence-electron chi connectivity index (χ4n) is 3.47. The van der Waals surface area contributed by atoms with Gasteiger partial charge in [0.15, 0.2) is 0 Å². The first-order valence-electron chi connectivity index (χ1n) is 8.32. The quantitative estimate of drug-likeness (QED) is 0.706. The highest BCUT2D eigenvalue weighted by molar-refractivity contribution is 6.30. The summed E-state index contributed by atoms with van der Waals surface area (Å²) in [4.78, 5) is 9.35. The Hall–Kier alpha value is -2.20. The van der Waals surface area contributed by atoms with Crippen molar-refractivity contribution >= 4 is 28.6 Å². The second kappa shape index (κ2) is 6.02. The Labute approximate surface area is 147 Å². The minimum Gasteiger partial charge on any atom is -0.368 e. The van der Waals surface area contributed by atoms with Gasteiger partial charge in [-0.05, 0) is 49.2 Å². The Morgan fingerprint density at radius 2 is 1.58 bits per heavy atom. The van der Waals surface area contributed by atoms with Gasteiger partial charge in [-0.1, -0.05) is 11.6 Å². The number of nitrogens with zero attached hydrogens (tertiary/aromatic N) is 4. The number of imidazole rings is 1. The highest BCUT2D eigenvalue weighted by Crippen LogP contribution is 2.27. The summed E-state index contributed by atoms with van der Waals surface area (Å²) < 4.78 is 2.13. The van der Waals surface area contributed by atoms with Crippen LogP contribution in [0.1, 0.15) is 11.1 Å². The number of halogens is 1. The van der Waals surface area contributed by atoms with E-state index < -0.39 is 0 Å². The fourth-order valence-corrected chi connectivity index (χ4v) is 3.60. The predicted molar refractivity (Wildman–Crippen MR) is 101 cm³/mol. The second-order valence-electron chi connectivity index (χ2n) is 6.37. The van der Waals surface area contributed by atoms with Gasteiger partial charge in [-0.25, -0.2) is 4.98 Å². The summed E-state index contributed by atoms with van der Waals surface area (Å²) in [5, 5.41) is 0.789. The first-order valence-corrected chi connectivity index (χ1v) is 8.69. The number of benzene rings is 1. The SMILES string of the molecule is Cc1c(N2CCN(c3ccc(Cl)cc3)CC2)cn2ccnc2c1C. The molecule has 4 nitrogen and oxygen atoms in total. The summed E-state index contributed by atoms with van der Waals surface area (Å²) in [6.07, 6.45) is 6.10. The fraction of sp³-hybridized carbons (Fsp3) is 0.316. The van der Waals surface area contributed by atoms with Crippen LogP contribution >= 0.6 is 11.6 Å². The number of aromatic nitrogens is 2. The van der Waals surface area contributed by atoms with E-state index in [0.29, 0.717) is 0 Å². The Bertz CT molecular complexity index is 861. The Balaban J connectivity index is 1.55. The minimum atomic E-state index is 0.789. The summed E-state index contributed by atoms with van der Waals surface area (Å²) in [5.41, 5.74) is 6.20. The van der Waals surface area contributed by atoms with Gasteiger partial charge in [-0.3, -0.25) is 0 Å². The Morgan fingerprint density at radius 3 is 2.29 bits per heavy atom. The van der Waals surface area contributed by atoms with Crippen molar-refractivity contribution in [2.24, 2.45) is 0 Å². The zero-order valence-corrected chi connectivity index (χ0v) is 14.8. The van der Waals surface area contributed by atoms with Crippen molar-refractivity contribution in [1.29, 1.82) is 0 Å². The lowest BCUT2D eigenvalue weighted by molar-refractivity contribution is 0.651. The van der Waals surface area contributed by atoms with Crippen LogP contribution in [-0.4, -0.2) is 35.6 Å². The molecule has 1 aliphatic heterocycles. The summed E-state index contributed by atoms with van der Waals surface area (Å²) in [6.45, 7) is 8.42. The molecule has 0 spiro atoms. The number of anilines is 2. The minimum absolute atomic E-state index is 0.789. The number of hydrogen-bond donors (Lipinski definition) is 0. The molecule has 3 aromatic rings. The molecule has 0 N–H and O–H groups in total. The third-order valence-electron chi connectivity index (χ3n) is 5.02. The number of hydrogen-bond acceptors (Lipinski definition) is 3. The van der Waals surface area contributed by atoms with Crippen LogP contribution in [0.15, 0.2) is 42.9 Å². The third kappa shape index (κ3) is 2.61. The lowest BCUT2D eigenvalue weighted by atomic mass is 10.1. The molecule has 0 amide bonds. The molecule has 4 rings (SSSR count). The maximum absolute atomic E-state index is 5.99. The van der Waals surface area contributed by atoms with E-state index in [-0.39, 0.29) is 0 Å². The van der Waals surface area contributed by atoms with Gasteiger partial charge in [0.25, 0.3) is 0 Å². The molecule has 3 heterocycles. The smallest absolute Gasteiger partial charge is 0.139 e. The average molecular weight is 341 g/mol. The molecule has 2 aromatic heterocycles. The lowest BCUT2D eigenvalue weighted by Crippen LogP contribution is -2.46. The third-order valence-corrected chi connectivity index (χ3v) is 5.28. The molecule has 1 saturated heterocycles. The van der Waals surface area contributed by atoms with Gasteiger partial charge in [-0.15, -0.1) is 0 Å². The molecule has 1 fully saturated rings. The summed E-state index contributed by atoms with van der Waals surface area (Å²) >= 11 is 5.99. The molecule has 1 aromatic carbocycles. The predicted octanol–water partition coefficient (Wildman–Crippen LogP) is 3.93. The Morgan fingerprint density at radius 1 is 0.917 bits per heavy atom. The lowest BCUT2D eigenvalue weighted by Gasteiger charge is -2.38. The zero-order valence-electron chi connectivity index (χ0n) is 14.0. The highest BCUT2D eigenvalue weighted by atomic mass is 35.5. The van der Waals surface area contributed by atoms with E-state index in [1.165, 1.54) is 22.5 Å². The number of pyridine rings is 1. The number of rotatable bonds is 2. The average Bonchev–Trinajstić information content (AvgIpc) is 3.08. The van der Waals surface area contributed by atoms with Crippen LogP contribution in [0.25, 0.3) is 5.65 Å². The van der Waals surface area contributed by atoms with Crippen LogP contribution in [0.2, 0.25) is 5.02 Å². The van der Waals surface area contributed by atoms with Crippen molar-refractivity contribution in [3.63, 3.8) is 0 Å². The van der Waals surface area contributed by atoms with E-state index in [0.717, 1.165) is 36.8 Å². The zero-order chi connectivity index (χ0) is 16.7. The molecular formula is C19H21ClN4. The topological polar surface area (TPSA) is 23.8 Å². The first kappa shape index (κ1) is 15.3. The first-order chi connectivity index (χ1) is 11.6. The van der Waals surface area contributed by atoms with E-state index >= 15 is 0 Å². The van der Waals surface area contributed by atoms with Gasteiger partial charge < -0.3 is 14.2 Å². The van der Waals surface area contributed by atoms with E-state index in [1.807, 2.05) is 24.5 Å². The van der Waals surface area contributed by atoms with E-state index in [9.17, 15) is 0 Å². The highest BCUT2D eigenvalue weighted by Gasteiger charge is 2.20. The van der Waals surface area contributed by atoms with Crippen LogP contribution in [0.4, 0.5) is 11.4 Å². The maximum Gasteiger partial charge on any atom is 0.139 e. The molecule has 0 radical (unpaired) electrons. The van der Waals surface area contributed by atoms with E-state index in [4.69, 9.17) is 11.6 Å². The molecule has 124 valence electrons. The van der Waals surface area contributed by atoms with Crippen LogP contribution in [0, 0.1) is 13.8 Å². The van der Waals surface area contributed by atoms with E-state index in [1.54, 1.807) is 0 Å². The summed E-state index contributed by atoms with van der Waals surface area (Å²) in [7, 11) is 0. The second-order valence-corrected chi connectivity index (χ2v) is 6.81. The molecule has 0 saturated carbocycles. The molecule has 5 heteroatoms. The maximum atomic E-state index is 5.99. The van der Waals surface area contributed by atoms with Crippen molar-refractivity contribution in [3.05, 3.63) is 59.0 Å². The number of aryl methyl sites for hydroxylation is 1. The van der Waals surface area contributed by atoms with Gasteiger partial charge in [0.05, 0.1) is 5.69 Å². The Kier molecular flexibility index (Phi) is 3.85. The van der Waals surface area contributed by atoms with Crippen LogP contribution < -0.4 is 9.80 Å². The monoisotopic (exact) mass is 340 g/mol. The summed E-state index contributed by atoms with van der Waals surface area (Å²) in [5.74, 6) is 0. The molecule has 0 aliphatic carbocycles.